The molecule has 1 aromatic rings. The molecule has 1 heterocycles. The van der Waals surface area contributed by atoms with Crippen molar-refractivity contribution >= 4 is 11.9 Å². The van der Waals surface area contributed by atoms with Gasteiger partial charge in [-0.1, -0.05) is 12.8 Å². The standard InChI is InChI=1S/C13H19N3O4/c17-12(18)9-20-8-7-14-13(19)11-5-6-15-16(11)10-3-1-2-4-10/h5-6,10H,1-4,7-9H2,(H,14,19)(H,17,18). The van der Waals surface area contributed by atoms with Crippen LogP contribution in [0.3, 0.4) is 0 Å². The van der Waals surface area contributed by atoms with Gasteiger partial charge in [0.05, 0.1) is 12.6 Å². The number of aliphatic carboxylic acids is 1. The second kappa shape index (κ2) is 7.04. The maximum absolute atomic E-state index is 12.0. The molecule has 0 atom stereocenters. The number of aromatic nitrogens is 2. The van der Waals surface area contributed by atoms with E-state index in [0.717, 1.165) is 12.8 Å². The lowest BCUT2D eigenvalue weighted by Gasteiger charge is -2.13. The molecule has 0 spiro atoms. The molecule has 7 heteroatoms. The van der Waals surface area contributed by atoms with E-state index in [1.807, 2.05) is 0 Å². The minimum absolute atomic E-state index is 0.176. The van der Waals surface area contributed by atoms with Gasteiger partial charge in [-0.05, 0) is 18.9 Å². The minimum Gasteiger partial charge on any atom is -0.480 e. The molecule has 110 valence electrons. The van der Waals surface area contributed by atoms with Crippen molar-refractivity contribution in [2.45, 2.75) is 31.7 Å². The van der Waals surface area contributed by atoms with Gasteiger partial charge in [0.25, 0.3) is 5.91 Å². The smallest absolute Gasteiger partial charge is 0.329 e. The zero-order valence-electron chi connectivity index (χ0n) is 11.2. The van der Waals surface area contributed by atoms with Crippen molar-refractivity contribution in [1.82, 2.24) is 15.1 Å². The summed E-state index contributed by atoms with van der Waals surface area (Å²) >= 11 is 0. The summed E-state index contributed by atoms with van der Waals surface area (Å²) < 4.78 is 6.65. The number of carboxylic acid groups (broad SMARTS) is 1. The lowest BCUT2D eigenvalue weighted by atomic mass is 10.2. The number of carbonyl (C=O) groups excluding carboxylic acids is 1. The summed E-state index contributed by atoms with van der Waals surface area (Å²) in [6, 6.07) is 2.01. The first kappa shape index (κ1) is 14.5. The lowest BCUT2D eigenvalue weighted by Crippen LogP contribution is -2.30. The zero-order chi connectivity index (χ0) is 14.4. The molecule has 1 fully saturated rings. The average molecular weight is 281 g/mol. The summed E-state index contributed by atoms with van der Waals surface area (Å²) in [5.41, 5.74) is 0.551. The van der Waals surface area contributed by atoms with Crippen molar-refractivity contribution in [1.29, 1.82) is 0 Å². The molecular weight excluding hydrogens is 262 g/mol. The summed E-state index contributed by atoms with van der Waals surface area (Å²) in [6.07, 6.45) is 6.10. The molecule has 1 amide bonds. The molecule has 1 saturated carbocycles. The Morgan fingerprint density at radius 3 is 2.90 bits per heavy atom. The number of ether oxygens (including phenoxy) is 1. The van der Waals surface area contributed by atoms with Crippen LogP contribution in [0.25, 0.3) is 0 Å². The number of rotatable bonds is 7. The van der Waals surface area contributed by atoms with E-state index < -0.39 is 5.97 Å². The van der Waals surface area contributed by atoms with Gasteiger partial charge in [0, 0.05) is 12.7 Å². The van der Waals surface area contributed by atoms with Crippen molar-refractivity contribution in [3.05, 3.63) is 18.0 Å². The van der Waals surface area contributed by atoms with E-state index in [2.05, 4.69) is 10.4 Å². The third-order valence-corrected chi connectivity index (χ3v) is 3.33. The second-order valence-corrected chi connectivity index (χ2v) is 4.80. The van der Waals surface area contributed by atoms with Crippen molar-refractivity contribution < 1.29 is 19.4 Å². The molecule has 1 aromatic heterocycles. The van der Waals surface area contributed by atoms with Crippen LogP contribution < -0.4 is 5.32 Å². The molecule has 0 radical (unpaired) electrons. The normalized spacial score (nSPS) is 15.4. The van der Waals surface area contributed by atoms with Gasteiger partial charge in [0.1, 0.15) is 12.3 Å². The highest BCUT2D eigenvalue weighted by Crippen LogP contribution is 2.29. The van der Waals surface area contributed by atoms with E-state index in [-0.39, 0.29) is 25.7 Å². The molecule has 0 aromatic carbocycles. The molecule has 20 heavy (non-hydrogen) atoms. The number of amides is 1. The van der Waals surface area contributed by atoms with Crippen LogP contribution in [0.4, 0.5) is 0 Å². The Bertz CT molecular complexity index is 466. The quantitative estimate of drug-likeness (QED) is 0.722. The number of carbonyl (C=O) groups is 2. The van der Waals surface area contributed by atoms with Crippen molar-refractivity contribution in [3.8, 4) is 0 Å². The predicted molar refractivity (Wildman–Crippen MR) is 70.5 cm³/mol. The van der Waals surface area contributed by atoms with Crippen LogP contribution in [-0.2, 0) is 9.53 Å². The van der Waals surface area contributed by atoms with E-state index >= 15 is 0 Å². The van der Waals surface area contributed by atoms with E-state index in [0.29, 0.717) is 11.7 Å². The van der Waals surface area contributed by atoms with Gasteiger partial charge in [-0.3, -0.25) is 9.48 Å². The summed E-state index contributed by atoms with van der Waals surface area (Å²) in [6.45, 7) is 0.105. The highest BCUT2D eigenvalue weighted by atomic mass is 16.5. The fourth-order valence-corrected chi connectivity index (χ4v) is 2.42. The van der Waals surface area contributed by atoms with E-state index in [1.165, 1.54) is 12.8 Å². The highest BCUT2D eigenvalue weighted by Gasteiger charge is 2.22. The molecule has 0 aliphatic heterocycles. The van der Waals surface area contributed by atoms with E-state index in [1.54, 1.807) is 16.9 Å². The molecule has 1 aliphatic carbocycles. The third kappa shape index (κ3) is 3.80. The van der Waals surface area contributed by atoms with Gasteiger partial charge in [0.2, 0.25) is 0 Å². The van der Waals surface area contributed by atoms with Crippen LogP contribution in [0.1, 0.15) is 42.2 Å². The number of hydrogen-bond donors (Lipinski definition) is 2. The summed E-state index contributed by atoms with van der Waals surface area (Å²) in [4.78, 5) is 22.3. The number of nitrogens with zero attached hydrogens (tertiary/aromatic N) is 2. The van der Waals surface area contributed by atoms with Crippen molar-refractivity contribution in [2.75, 3.05) is 19.8 Å². The number of nitrogens with one attached hydrogen (secondary N) is 1. The minimum atomic E-state index is -1.02. The largest absolute Gasteiger partial charge is 0.480 e. The molecule has 0 unspecified atom stereocenters. The summed E-state index contributed by atoms with van der Waals surface area (Å²) in [7, 11) is 0. The van der Waals surface area contributed by atoms with Crippen LogP contribution in [0.15, 0.2) is 12.3 Å². The Labute approximate surface area is 116 Å². The van der Waals surface area contributed by atoms with Gasteiger partial charge in [-0.25, -0.2) is 4.79 Å². The van der Waals surface area contributed by atoms with Gasteiger partial charge >= 0.3 is 5.97 Å². The highest BCUT2D eigenvalue weighted by molar-refractivity contribution is 5.92. The monoisotopic (exact) mass is 281 g/mol. The maximum atomic E-state index is 12.0. The average Bonchev–Trinajstić information content (AvgIpc) is 3.08. The van der Waals surface area contributed by atoms with Crippen molar-refractivity contribution in [3.63, 3.8) is 0 Å². The van der Waals surface area contributed by atoms with Crippen LogP contribution >= 0.6 is 0 Å². The maximum Gasteiger partial charge on any atom is 0.329 e. The molecule has 2 rings (SSSR count). The number of hydrogen-bond acceptors (Lipinski definition) is 4. The fraction of sp³-hybridized carbons (Fsp3) is 0.615. The lowest BCUT2D eigenvalue weighted by molar-refractivity contribution is -0.142. The SMILES string of the molecule is O=C(O)COCCNC(=O)c1ccnn1C1CCCC1. The Balaban J connectivity index is 1.80. The Hall–Kier alpha value is -1.89. The first-order valence-corrected chi connectivity index (χ1v) is 6.79. The molecule has 2 N–H and O–H groups in total. The van der Waals surface area contributed by atoms with Crippen LogP contribution in [-0.4, -0.2) is 46.5 Å². The first-order chi connectivity index (χ1) is 9.68. The van der Waals surface area contributed by atoms with E-state index in [9.17, 15) is 9.59 Å². The predicted octanol–water partition coefficient (Wildman–Crippen LogP) is 0.829. The van der Waals surface area contributed by atoms with Gasteiger partial charge in [-0.15, -0.1) is 0 Å². The number of carboxylic acids is 1. The molecule has 0 saturated heterocycles. The van der Waals surface area contributed by atoms with E-state index in [4.69, 9.17) is 9.84 Å². The summed E-state index contributed by atoms with van der Waals surface area (Å²) in [5, 5.41) is 15.3. The van der Waals surface area contributed by atoms with Gasteiger partial charge in [0.15, 0.2) is 0 Å². The van der Waals surface area contributed by atoms with Crippen LogP contribution in [0, 0.1) is 0 Å². The van der Waals surface area contributed by atoms with Gasteiger partial charge < -0.3 is 15.2 Å². The topological polar surface area (TPSA) is 93.4 Å². The second-order valence-electron chi connectivity index (χ2n) is 4.80. The van der Waals surface area contributed by atoms with Crippen LogP contribution in [0.5, 0.6) is 0 Å². The van der Waals surface area contributed by atoms with Crippen LogP contribution in [0.2, 0.25) is 0 Å². The third-order valence-electron chi connectivity index (χ3n) is 3.33. The Morgan fingerprint density at radius 2 is 2.20 bits per heavy atom. The molecular formula is C13H19N3O4. The molecule has 0 bridgehead atoms. The Morgan fingerprint density at radius 1 is 1.45 bits per heavy atom. The summed E-state index contributed by atoms with van der Waals surface area (Å²) in [5.74, 6) is -1.22. The first-order valence-electron chi connectivity index (χ1n) is 6.79. The Kier molecular flexibility index (Phi) is 5.11. The zero-order valence-corrected chi connectivity index (χ0v) is 11.2. The van der Waals surface area contributed by atoms with Gasteiger partial charge in [-0.2, -0.15) is 5.10 Å². The molecule has 1 aliphatic rings. The van der Waals surface area contributed by atoms with Crippen molar-refractivity contribution in [2.24, 2.45) is 0 Å². The molecule has 7 nitrogen and oxygen atoms in total. The fourth-order valence-electron chi connectivity index (χ4n) is 2.42.